The maximum absolute atomic E-state index is 12.0. The SMILES string of the molecule is CCCNC(=O)C1CCN(c2cncnc2N(C)C)CC1. The van der Waals surface area contributed by atoms with E-state index in [9.17, 15) is 4.79 Å². The van der Waals surface area contributed by atoms with Gasteiger partial charge in [-0.05, 0) is 19.3 Å². The summed E-state index contributed by atoms with van der Waals surface area (Å²) in [6.45, 7) is 4.59. The van der Waals surface area contributed by atoms with E-state index in [0.29, 0.717) is 0 Å². The van der Waals surface area contributed by atoms with Gasteiger partial charge in [-0.15, -0.1) is 0 Å². The third kappa shape index (κ3) is 3.83. The molecule has 6 nitrogen and oxygen atoms in total. The molecule has 0 spiro atoms. The minimum absolute atomic E-state index is 0.139. The largest absolute Gasteiger partial charge is 0.367 e. The van der Waals surface area contributed by atoms with Gasteiger partial charge in [0.15, 0.2) is 5.82 Å². The molecule has 1 fully saturated rings. The topological polar surface area (TPSA) is 61.4 Å². The summed E-state index contributed by atoms with van der Waals surface area (Å²) in [4.78, 5) is 24.8. The van der Waals surface area contributed by atoms with E-state index in [1.165, 1.54) is 0 Å². The number of aromatic nitrogens is 2. The summed E-state index contributed by atoms with van der Waals surface area (Å²) in [5, 5.41) is 3.00. The lowest BCUT2D eigenvalue weighted by Gasteiger charge is -2.34. The van der Waals surface area contributed by atoms with E-state index in [1.54, 1.807) is 6.33 Å². The van der Waals surface area contributed by atoms with Crippen LogP contribution in [-0.4, -0.2) is 49.6 Å². The minimum atomic E-state index is 0.139. The third-order valence-electron chi connectivity index (χ3n) is 3.85. The molecule has 0 radical (unpaired) electrons. The number of hydrogen-bond acceptors (Lipinski definition) is 5. The highest BCUT2D eigenvalue weighted by atomic mass is 16.1. The second-order valence-electron chi connectivity index (χ2n) is 5.68. The van der Waals surface area contributed by atoms with Crippen molar-refractivity contribution in [2.24, 2.45) is 5.92 Å². The second kappa shape index (κ2) is 7.24. The fraction of sp³-hybridized carbons (Fsp3) is 0.667. The molecule has 0 aliphatic carbocycles. The highest BCUT2D eigenvalue weighted by Crippen LogP contribution is 2.28. The fourth-order valence-electron chi connectivity index (χ4n) is 2.66. The number of carbonyl (C=O) groups is 1. The molecule has 0 unspecified atom stereocenters. The standard InChI is InChI=1S/C15H25N5O/c1-4-7-17-15(21)12-5-8-20(9-6-12)13-10-16-11-18-14(13)19(2)3/h10-12H,4-9H2,1-3H3,(H,17,21). The van der Waals surface area contributed by atoms with Crippen LogP contribution in [0.5, 0.6) is 0 Å². The van der Waals surface area contributed by atoms with Crippen LogP contribution in [0.15, 0.2) is 12.5 Å². The molecule has 0 saturated carbocycles. The van der Waals surface area contributed by atoms with Crippen LogP contribution in [0.4, 0.5) is 11.5 Å². The average Bonchev–Trinajstić information content (AvgIpc) is 2.52. The zero-order valence-corrected chi connectivity index (χ0v) is 13.2. The van der Waals surface area contributed by atoms with Gasteiger partial charge in [0.25, 0.3) is 0 Å². The lowest BCUT2D eigenvalue weighted by atomic mass is 9.95. The summed E-state index contributed by atoms with van der Waals surface area (Å²) in [6, 6.07) is 0. The van der Waals surface area contributed by atoms with Gasteiger partial charge < -0.3 is 15.1 Å². The quantitative estimate of drug-likeness (QED) is 0.885. The van der Waals surface area contributed by atoms with Crippen molar-refractivity contribution >= 4 is 17.4 Å². The molecule has 1 aromatic heterocycles. The molecule has 1 saturated heterocycles. The predicted octanol–water partition coefficient (Wildman–Crippen LogP) is 1.29. The van der Waals surface area contributed by atoms with Crippen molar-refractivity contribution in [2.75, 3.05) is 43.5 Å². The summed E-state index contributed by atoms with van der Waals surface area (Å²) in [5.74, 6) is 1.27. The first-order valence-corrected chi connectivity index (χ1v) is 7.63. The van der Waals surface area contributed by atoms with E-state index in [4.69, 9.17) is 0 Å². The number of hydrogen-bond donors (Lipinski definition) is 1. The van der Waals surface area contributed by atoms with Crippen molar-refractivity contribution in [3.8, 4) is 0 Å². The van der Waals surface area contributed by atoms with Crippen LogP contribution >= 0.6 is 0 Å². The molecule has 1 aliphatic heterocycles. The number of rotatable bonds is 5. The van der Waals surface area contributed by atoms with E-state index in [-0.39, 0.29) is 11.8 Å². The summed E-state index contributed by atoms with van der Waals surface area (Å²) in [7, 11) is 3.97. The Kier molecular flexibility index (Phi) is 5.36. The van der Waals surface area contributed by atoms with Gasteiger partial charge in [-0.3, -0.25) is 4.79 Å². The molecular weight excluding hydrogens is 266 g/mol. The predicted molar refractivity (Wildman–Crippen MR) is 84.6 cm³/mol. The lowest BCUT2D eigenvalue weighted by Crippen LogP contribution is -2.41. The molecule has 0 aromatic carbocycles. The summed E-state index contributed by atoms with van der Waals surface area (Å²) in [5.41, 5.74) is 1.05. The van der Waals surface area contributed by atoms with Crippen molar-refractivity contribution < 1.29 is 4.79 Å². The Labute approximate surface area is 126 Å². The van der Waals surface area contributed by atoms with E-state index in [0.717, 1.165) is 50.4 Å². The van der Waals surface area contributed by atoms with Gasteiger partial charge in [-0.25, -0.2) is 9.97 Å². The molecule has 2 heterocycles. The van der Waals surface area contributed by atoms with Crippen LogP contribution in [0.3, 0.4) is 0 Å². The van der Waals surface area contributed by atoms with Crippen molar-refractivity contribution in [1.29, 1.82) is 0 Å². The molecule has 2 rings (SSSR count). The molecule has 1 N–H and O–H groups in total. The first kappa shape index (κ1) is 15.5. The highest BCUT2D eigenvalue weighted by Gasteiger charge is 2.26. The maximum Gasteiger partial charge on any atom is 0.223 e. The first-order chi connectivity index (χ1) is 10.1. The number of anilines is 2. The van der Waals surface area contributed by atoms with Gasteiger partial charge in [-0.2, -0.15) is 0 Å². The van der Waals surface area contributed by atoms with Gasteiger partial charge >= 0.3 is 0 Å². The molecule has 1 aliphatic rings. The van der Waals surface area contributed by atoms with Gasteiger partial charge in [0.2, 0.25) is 5.91 Å². The van der Waals surface area contributed by atoms with Gasteiger partial charge in [0.1, 0.15) is 6.33 Å². The van der Waals surface area contributed by atoms with Crippen LogP contribution in [0.1, 0.15) is 26.2 Å². The van der Waals surface area contributed by atoms with Crippen LogP contribution in [-0.2, 0) is 4.79 Å². The number of carbonyl (C=O) groups excluding carboxylic acids is 1. The number of nitrogens with zero attached hydrogens (tertiary/aromatic N) is 4. The normalized spacial score (nSPS) is 15.9. The Morgan fingerprint density at radius 3 is 2.76 bits per heavy atom. The van der Waals surface area contributed by atoms with Crippen molar-refractivity contribution in [3.05, 3.63) is 12.5 Å². The molecule has 0 bridgehead atoms. The number of nitrogens with one attached hydrogen (secondary N) is 1. The maximum atomic E-state index is 12.0. The molecule has 1 amide bonds. The molecule has 1 aromatic rings. The molecule has 0 atom stereocenters. The Morgan fingerprint density at radius 2 is 2.14 bits per heavy atom. The van der Waals surface area contributed by atoms with E-state index in [2.05, 4.69) is 27.1 Å². The third-order valence-corrected chi connectivity index (χ3v) is 3.85. The van der Waals surface area contributed by atoms with Crippen LogP contribution in [0, 0.1) is 5.92 Å². The summed E-state index contributed by atoms with van der Waals surface area (Å²) in [6.07, 6.45) is 6.19. The van der Waals surface area contributed by atoms with E-state index >= 15 is 0 Å². The van der Waals surface area contributed by atoms with E-state index in [1.807, 2.05) is 25.2 Å². The van der Waals surface area contributed by atoms with Crippen LogP contribution in [0.2, 0.25) is 0 Å². The lowest BCUT2D eigenvalue weighted by molar-refractivity contribution is -0.125. The Morgan fingerprint density at radius 1 is 1.43 bits per heavy atom. The zero-order valence-electron chi connectivity index (χ0n) is 13.2. The van der Waals surface area contributed by atoms with Crippen LogP contribution in [0.25, 0.3) is 0 Å². The van der Waals surface area contributed by atoms with Gasteiger partial charge in [0, 0.05) is 39.6 Å². The van der Waals surface area contributed by atoms with Gasteiger partial charge in [-0.1, -0.05) is 6.92 Å². The Hall–Kier alpha value is -1.85. The molecular formula is C15H25N5O. The number of amides is 1. The average molecular weight is 291 g/mol. The summed E-state index contributed by atoms with van der Waals surface area (Å²) >= 11 is 0. The molecule has 6 heteroatoms. The number of piperidine rings is 1. The van der Waals surface area contributed by atoms with Crippen LogP contribution < -0.4 is 15.1 Å². The minimum Gasteiger partial charge on any atom is -0.367 e. The van der Waals surface area contributed by atoms with Crippen molar-refractivity contribution in [1.82, 2.24) is 15.3 Å². The fourth-order valence-corrected chi connectivity index (χ4v) is 2.66. The smallest absolute Gasteiger partial charge is 0.223 e. The van der Waals surface area contributed by atoms with Gasteiger partial charge in [0.05, 0.1) is 11.9 Å². The monoisotopic (exact) mass is 291 g/mol. The highest BCUT2D eigenvalue weighted by molar-refractivity contribution is 5.79. The van der Waals surface area contributed by atoms with E-state index < -0.39 is 0 Å². The van der Waals surface area contributed by atoms with Crippen molar-refractivity contribution in [3.63, 3.8) is 0 Å². The zero-order chi connectivity index (χ0) is 15.2. The second-order valence-corrected chi connectivity index (χ2v) is 5.68. The molecule has 116 valence electrons. The first-order valence-electron chi connectivity index (χ1n) is 7.63. The van der Waals surface area contributed by atoms with Crippen molar-refractivity contribution in [2.45, 2.75) is 26.2 Å². The Bertz CT molecular complexity index is 469. The summed E-state index contributed by atoms with van der Waals surface area (Å²) < 4.78 is 0. The Balaban J connectivity index is 1.97. The molecule has 21 heavy (non-hydrogen) atoms.